The van der Waals surface area contributed by atoms with Gasteiger partial charge < -0.3 is 24.1 Å². The minimum absolute atomic E-state index is 0. The normalized spacial score (nSPS) is 12.0. The van der Waals surface area contributed by atoms with Gasteiger partial charge in [0.15, 0.2) is 11.6 Å². The number of fused-ring (bicyclic) bond motifs is 2. The number of azo groups is 1. The third kappa shape index (κ3) is 8.91. The Hall–Kier alpha value is -1.37. The minimum atomic E-state index is -5.55. The van der Waals surface area contributed by atoms with E-state index < -0.39 is 90.5 Å². The Balaban J connectivity index is 0.00000267. The van der Waals surface area contributed by atoms with Crippen molar-refractivity contribution >= 4 is 86.4 Å². The molecular formula is C25H14ClFN5Na3O10S3. The maximum absolute atomic E-state index is 14.0. The molecule has 1 heterocycles. The number of nitrogens with zero attached hydrogens (tertiary/aromatic N) is 4. The molecule has 5 rings (SSSR count). The van der Waals surface area contributed by atoms with Gasteiger partial charge in [-0.25, -0.2) is 30.2 Å². The number of phenolic OH excluding ortho intramolecular Hbond substituents is 1. The van der Waals surface area contributed by atoms with E-state index >= 15 is 0 Å². The molecule has 23 heteroatoms. The zero-order chi connectivity index (χ0) is 33.1. The molecule has 0 aliphatic heterocycles. The van der Waals surface area contributed by atoms with E-state index in [9.17, 15) is 48.4 Å². The fraction of sp³-hybridized carbons (Fsp3) is 0.0400. The number of benzene rings is 4. The topological polar surface area (TPSA) is 254 Å². The first-order valence-electron chi connectivity index (χ1n) is 12.0. The van der Waals surface area contributed by atoms with Crippen molar-refractivity contribution in [2.24, 2.45) is 10.2 Å². The van der Waals surface area contributed by atoms with Crippen LogP contribution < -0.4 is 94.0 Å². The quantitative estimate of drug-likeness (QED) is 0.0687. The van der Waals surface area contributed by atoms with E-state index in [-0.39, 0.29) is 105 Å². The third-order valence-corrected chi connectivity index (χ3v) is 9.34. The predicted octanol–water partition coefficient (Wildman–Crippen LogP) is -4.53. The molecule has 0 aliphatic carbocycles. The first-order valence-corrected chi connectivity index (χ1v) is 16.6. The Bertz CT molecular complexity index is 2460. The molecule has 2 N–H and O–H groups in total. The molecule has 234 valence electrons. The van der Waals surface area contributed by atoms with Crippen LogP contribution in [0.2, 0.25) is 5.02 Å². The second kappa shape index (κ2) is 15.9. The summed E-state index contributed by atoms with van der Waals surface area (Å²) in [5.74, 6) is -1.61. The Morgan fingerprint density at radius 1 is 0.833 bits per heavy atom. The minimum Gasteiger partial charge on any atom is -0.744 e. The van der Waals surface area contributed by atoms with Crippen LogP contribution in [-0.4, -0.2) is 54.0 Å². The van der Waals surface area contributed by atoms with Crippen molar-refractivity contribution < 1.29 is 137 Å². The van der Waals surface area contributed by atoms with Crippen LogP contribution in [0, 0.1) is 13.0 Å². The van der Waals surface area contributed by atoms with Gasteiger partial charge in [0.2, 0.25) is 0 Å². The largest absolute Gasteiger partial charge is 1.00 e. The number of anilines is 2. The zero-order valence-electron chi connectivity index (χ0n) is 25.1. The first kappa shape index (κ1) is 42.8. The molecule has 1 aromatic heterocycles. The molecular weight excluding hydrogens is 750 g/mol. The molecule has 0 radical (unpaired) electrons. The van der Waals surface area contributed by atoms with Crippen LogP contribution in [0.4, 0.5) is 27.3 Å². The van der Waals surface area contributed by atoms with Crippen LogP contribution in [0.25, 0.3) is 21.5 Å². The number of aromatic hydroxyl groups is 1. The van der Waals surface area contributed by atoms with E-state index in [1.807, 2.05) is 0 Å². The molecule has 0 bridgehead atoms. The number of hydrogen-bond acceptors (Lipinski definition) is 15. The summed E-state index contributed by atoms with van der Waals surface area (Å²) >= 11 is 6.14. The number of rotatable bonds is 7. The molecule has 15 nitrogen and oxygen atoms in total. The average Bonchev–Trinajstić information content (AvgIpc) is 2.92. The second-order valence-corrected chi connectivity index (χ2v) is 13.6. The Kier molecular flexibility index (Phi) is 14.2. The van der Waals surface area contributed by atoms with Gasteiger partial charge in [-0.05, 0) is 42.0 Å². The van der Waals surface area contributed by atoms with Gasteiger partial charge in [0.1, 0.15) is 46.8 Å². The summed E-state index contributed by atoms with van der Waals surface area (Å²) in [6.07, 6.45) is -1.27. The molecule has 0 aliphatic rings. The van der Waals surface area contributed by atoms with E-state index in [0.717, 1.165) is 6.07 Å². The van der Waals surface area contributed by atoms with Gasteiger partial charge in [-0.15, -0.1) is 10.2 Å². The summed E-state index contributed by atoms with van der Waals surface area (Å²) in [5, 5.41) is 20.0. The maximum Gasteiger partial charge on any atom is 1.00 e. The Labute approximate surface area is 343 Å². The number of aromatic nitrogens is 2. The van der Waals surface area contributed by atoms with Crippen LogP contribution in [0.1, 0.15) is 5.69 Å². The van der Waals surface area contributed by atoms with E-state index in [1.165, 1.54) is 31.2 Å². The molecule has 0 spiro atoms. The summed E-state index contributed by atoms with van der Waals surface area (Å²) in [6, 6.07) is 10.2. The van der Waals surface area contributed by atoms with Crippen molar-refractivity contribution in [3.8, 4) is 5.75 Å². The van der Waals surface area contributed by atoms with E-state index in [1.54, 1.807) is 6.07 Å². The van der Waals surface area contributed by atoms with Gasteiger partial charge >= 0.3 is 94.8 Å². The van der Waals surface area contributed by atoms with Crippen LogP contribution in [0.5, 0.6) is 5.75 Å². The predicted molar refractivity (Wildman–Crippen MR) is 153 cm³/mol. The molecule has 0 unspecified atom stereocenters. The van der Waals surface area contributed by atoms with Crippen LogP contribution in [0.3, 0.4) is 0 Å². The van der Waals surface area contributed by atoms with Crippen molar-refractivity contribution in [1.29, 1.82) is 0 Å². The van der Waals surface area contributed by atoms with Crippen molar-refractivity contribution in [2.45, 2.75) is 21.6 Å². The van der Waals surface area contributed by atoms with Gasteiger partial charge in [-0.3, -0.25) is 0 Å². The molecule has 0 amide bonds. The second-order valence-electron chi connectivity index (χ2n) is 9.20. The number of hydrogen-bond donors (Lipinski definition) is 2. The summed E-state index contributed by atoms with van der Waals surface area (Å²) in [5.41, 5.74) is -2.21. The van der Waals surface area contributed by atoms with Gasteiger partial charge in [0.05, 0.1) is 26.1 Å². The summed E-state index contributed by atoms with van der Waals surface area (Å²) in [6.45, 7) is 1.30. The van der Waals surface area contributed by atoms with E-state index in [2.05, 4.69) is 25.5 Å². The zero-order valence-corrected chi connectivity index (χ0v) is 34.3. The Morgan fingerprint density at radius 3 is 2.08 bits per heavy atom. The van der Waals surface area contributed by atoms with Crippen LogP contribution in [-0.2, 0) is 30.4 Å². The molecule has 48 heavy (non-hydrogen) atoms. The fourth-order valence-electron chi connectivity index (χ4n) is 4.40. The number of phenols is 1. The van der Waals surface area contributed by atoms with Gasteiger partial charge in [-0.1, -0.05) is 41.9 Å². The van der Waals surface area contributed by atoms with Crippen molar-refractivity contribution in [2.75, 3.05) is 5.32 Å². The Morgan fingerprint density at radius 2 is 1.48 bits per heavy atom. The molecule has 5 aromatic rings. The average molecular weight is 764 g/mol. The molecule has 0 atom stereocenters. The number of aryl methyl sites for hydroxylation is 1. The van der Waals surface area contributed by atoms with Crippen LogP contribution in [0.15, 0.2) is 79.5 Å². The first-order chi connectivity index (χ1) is 20.9. The molecule has 0 saturated carbocycles. The summed E-state index contributed by atoms with van der Waals surface area (Å²) in [4.78, 5) is 3.82. The monoisotopic (exact) mass is 763 g/mol. The van der Waals surface area contributed by atoms with E-state index in [0.29, 0.717) is 23.6 Å². The molecule has 4 aromatic carbocycles. The van der Waals surface area contributed by atoms with Crippen LogP contribution >= 0.6 is 11.6 Å². The number of nitrogens with one attached hydrogen (secondary N) is 1. The van der Waals surface area contributed by atoms with Crippen molar-refractivity contribution in [1.82, 2.24) is 9.97 Å². The third-order valence-electron chi connectivity index (χ3n) is 6.29. The van der Waals surface area contributed by atoms with E-state index in [4.69, 9.17) is 11.6 Å². The fourth-order valence-corrected chi connectivity index (χ4v) is 6.53. The summed E-state index contributed by atoms with van der Waals surface area (Å²) < 4.78 is 123. The molecule has 0 fully saturated rings. The standard InChI is InChI=1S/C25H17ClFN5O10S3.3Na/c1-11-20(26)24(30-25(27)28-11)29-17-10-14(43(34,35)36)8-13-9-18(44(37,38)39)21(22(33)19(13)17)32-31-16-7-6-12-4-2-3-5-15(12)23(16)45(40,41)42;;;/h2-10,33H,1H3,(H,28,29,30)(H,34,35,36)(H,37,38,39)(H,40,41,42);;;/q;3*+1/p-3. The van der Waals surface area contributed by atoms with Crippen molar-refractivity contribution in [3.63, 3.8) is 0 Å². The van der Waals surface area contributed by atoms with Gasteiger partial charge in [-0.2, -0.15) is 9.37 Å². The molecule has 0 saturated heterocycles. The number of halogens is 2. The summed E-state index contributed by atoms with van der Waals surface area (Å²) in [7, 11) is -16.0. The SMILES string of the molecule is Cc1nc(F)nc(Nc2cc(S(=O)(=O)[O-])cc3cc(S(=O)(=O)[O-])c(N=Nc4ccc5ccccc5c4S(=O)(=O)[O-])c(O)c23)c1Cl.[Na+].[Na+].[Na+]. The van der Waals surface area contributed by atoms with Crippen molar-refractivity contribution in [3.05, 3.63) is 71.4 Å². The smallest absolute Gasteiger partial charge is 0.744 e. The van der Waals surface area contributed by atoms with Gasteiger partial charge in [0.25, 0.3) is 0 Å². The maximum atomic E-state index is 14.0. The van der Waals surface area contributed by atoms with Gasteiger partial charge in [0, 0.05) is 10.8 Å².